The highest BCUT2D eigenvalue weighted by Gasteiger charge is 2.05. The van der Waals surface area contributed by atoms with Crippen molar-refractivity contribution in [3.63, 3.8) is 0 Å². The first-order valence-electron chi connectivity index (χ1n) is 7.91. The number of hydrogen-bond donors (Lipinski definition) is 1. The number of hydrogen-bond acceptors (Lipinski definition) is 2. The lowest BCUT2D eigenvalue weighted by Gasteiger charge is -2.07. The monoisotopic (exact) mass is 335 g/mol. The Labute approximate surface area is 143 Å². The predicted octanol–water partition coefficient (Wildman–Crippen LogP) is 4.89. The Morgan fingerprint density at radius 3 is 2.52 bits per heavy atom. The van der Waals surface area contributed by atoms with Crippen LogP contribution in [0.4, 0.5) is 14.5 Å². The zero-order chi connectivity index (χ0) is 17.2. The van der Waals surface area contributed by atoms with Crippen LogP contribution in [-0.4, -0.2) is 9.38 Å². The fraction of sp³-hybridized carbons (Fsp3) is 0.0500. The zero-order valence-corrected chi connectivity index (χ0v) is 13.3. The third-order valence-electron chi connectivity index (χ3n) is 4.03. The normalized spacial score (nSPS) is 11.0. The molecule has 0 amide bonds. The average molecular weight is 335 g/mol. The topological polar surface area (TPSA) is 29.3 Å². The number of halogens is 2. The van der Waals surface area contributed by atoms with Gasteiger partial charge in [-0.15, -0.1) is 0 Å². The van der Waals surface area contributed by atoms with Crippen molar-refractivity contribution in [1.29, 1.82) is 0 Å². The first kappa shape index (κ1) is 15.3. The quantitative estimate of drug-likeness (QED) is 0.575. The molecule has 0 aliphatic carbocycles. The number of aromatic nitrogens is 2. The van der Waals surface area contributed by atoms with Crippen LogP contribution in [0.1, 0.15) is 5.56 Å². The number of fused-ring (bicyclic) bond motifs is 1. The minimum absolute atomic E-state index is 0.422. The van der Waals surface area contributed by atoms with Crippen LogP contribution in [0.5, 0.6) is 0 Å². The first-order valence-corrected chi connectivity index (χ1v) is 7.91. The molecular weight excluding hydrogens is 320 g/mol. The predicted molar refractivity (Wildman–Crippen MR) is 94.3 cm³/mol. The van der Waals surface area contributed by atoms with Gasteiger partial charge in [-0.2, -0.15) is 0 Å². The molecule has 5 heteroatoms. The highest BCUT2D eigenvalue weighted by Crippen LogP contribution is 2.21. The summed E-state index contributed by atoms with van der Waals surface area (Å²) in [6.07, 6.45) is 3.95. The van der Waals surface area contributed by atoms with E-state index in [-0.39, 0.29) is 0 Å². The molecule has 0 fully saturated rings. The van der Waals surface area contributed by atoms with Crippen LogP contribution in [0.15, 0.2) is 73.1 Å². The summed E-state index contributed by atoms with van der Waals surface area (Å²) < 4.78 is 28.1. The summed E-state index contributed by atoms with van der Waals surface area (Å²) in [6.45, 7) is 0.422. The summed E-state index contributed by atoms with van der Waals surface area (Å²) in [4.78, 5) is 4.59. The molecule has 25 heavy (non-hydrogen) atoms. The van der Waals surface area contributed by atoms with Gasteiger partial charge in [-0.25, -0.2) is 13.8 Å². The van der Waals surface area contributed by atoms with Crippen molar-refractivity contribution in [2.75, 3.05) is 5.32 Å². The average Bonchev–Trinajstić information content (AvgIpc) is 3.07. The molecule has 4 rings (SSSR count). The van der Waals surface area contributed by atoms with E-state index in [0.29, 0.717) is 12.1 Å². The Morgan fingerprint density at radius 2 is 1.76 bits per heavy atom. The molecule has 2 aromatic heterocycles. The fourth-order valence-corrected chi connectivity index (χ4v) is 2.69. The minimum atomic E-state index is -0.833. The van der Waals surface area contributed by atoms with E-state index >= 15 is 0 Å². The number of pyridine rings is 1. The summed E-state index contributed by atoms with van der Waals surface area (Å²) in [6, 6.07) is 17.6. The van der Waals surface area contributed by atoms with Crippen molar-refractivity contribution in [2.24, 2.45) is 0 Å². The van der Waals surface area contributed by atoms with E-state index in [1.165, 1.54) is 6.07 Å². The number of nitrogens with one attached hydrogen (secondary N) is 1. The van der Waals surface area contributed by atoms with Crippen molar-refractivity contribution >= 4 is 11.3 Å². The molecule has 0 unspecified atom stereocenters. The molecule has 0 atom stereocenters. The molecule has 0 aliphatic rings. The van der Waals surface area contributed by atoms with Crippen LogP contribution in [0, 0.1) is 11.6 Å². The van der Waals surface area contributed by atoms with Gasteiger partial charge in [0.2, 0.25) is 0 Å². The molecule has 1 N–H and O–H groups in total. The molecule has 0 saturated heterocycles. The molecule has 0 saturated carbocycles. The Kier molecular flexibility index (Phi) is 3.90. The molecular formula is C20H15F2N3. The fourth-order valence-electron chi connectivity index (χ4n) is 2.69. The van der Waals surface area contributed by atoms with Crippen LogP contribution in [0.2, 0.25) is 0 Å². The summed E-state index contributed by atoms with van der Waals surface area (Å²) in [7, 11) is 0. The molecule has 0 spiro atoms. The van der Waals surface area contributed by atoms with Gasteiger partial charge in [0.05, 0.1) is 5.69 Å². The van der Waals surface area contributed by atoms with Gasteiger partial charge in [0.25, 0.3) is 0 Å². The molecule has 0 bridgehead atoms. The molecule has 2 heterocycles. The molecule has 4 aromatic rings. The second-order valence-electron chi connectivity index (χ2n) is 5.77. The van der Waals surface area contributed by atoms with Gasteiger partial charge in [0, 0.05) is 30.2 Å². The highest BCUT2D eigenvalue weighted by molar-refractivity contribution is 5.65. The van der Waals surface area contributed by atoms with Gasteiger partial charge >= 0.3 is 0 Å². The van der Waals surface area contributed by atoms with E-state index in [1.807, 2.05) is 59.3 Å². The highest BCUT2D eigenvalue weighted by atomic mass is 19.2. The number of rotatable bonds is 4. The Hall–Kier alpha value is -3.21. The second kappa shape index (κ2) is 6.36. The molecule has 0 radical (unpaired) electrons. The molecule has 3 nitrogen and oxygen atoms in total. The van der Waals surface area contributed by atoms with Gasteiger partial charge < -0.3 is 9.72 Å². The summed E-state index contributed by atoms with van der Waals surface area (Å²) >= 11 is 0. The van der Waals surface area contributed by atoms with Gasteiger partial charge in [-0.05, 0) is 42.0 Å². The number of nitrogens with zero attached hydrogens (tertiary/aromatic N) is 2. The standard InChI is InChI=1S/C20H15F2N3/c21-17-9-4-14(11-18(17)22)12-23-16-7-5-15(6-8-16)19-13-25-10-2-1-3-20(25)24-19/h1-11,13,23H,12H2. The van der Waals surface area contributed by atoms with Crippen molar-refractivity contribution in [2.45, 2.75) is 6.54 Å². The van der Waals surface area contributed by atoms with Crippen LogP contribution in [-0.2, 0) is 6.54 Å². The van der Waals surface area contributed by atoms with Gasteiger partial charge in [0.15, 0.2) is 11.6 Å². The lowest BCUT2D eigenvalue weighted by molar-refractivity contribution is 0.507. The number of anilines is 1. The van der Waals surface area contributed by atoms with E-state index in [0.717, 1.165) is 28.7 Å². The summed E-state index contributed by atoms with van der Waals surface area (Å²) in [5, 5.41) is 3.20. The van der Waals surface area contributed by atoms with Crippen molar-refractivity contribution in [3.8, 4) is 11.3 Å². The first-order chi connectivity index (χ1) is 12.2. The van der Waals surface area contributed by atoms with E-state index in [1.54, 1.807) is 6.07 Å². The van der Waals surface area contributed by atoms with Crippen LogP contribution >= 0.6 is 0 Å². The maximum absolute atomic E-state index is 13.2. The van der Waals surface area contributed by atoms with Crippen LogP contribution < -0.4 is 5.32 Å². The maximum Gasteiger partial charge on any atom is 0.159 e. The SMILES string of the molecule is Fc1ccc(CNc2ccc(-c3cn4ccccc4n3)cc2)cc1F. The molecule has 2 aromatic carbocycles. The minimum Gasteiger partial charge on any atom is -0.381 e. The third kappa shape index (κ3) is 3.21. The van der Waals surface area contributed by atoms with E-state index in [4.69, 9.17) is 0 Å². The number of benzene rings is 2. The lowest BCUT2D eigenvalue weighted by atomic mass is 10.1. The van der Waals surface area contributed by atoms with Crippen LogP contribution in [0.25, 0.3) is 16.9 Å². The molecule has 0 aliphatic heterocycles. The van der Waals surface area contributed by atoms with Gasteiger partial charge in [-0.1, -0.05) is 24.3 Å². The van der Waals surface area contributed by atoms with Crippen molar-refractivity contribution in [1.82, 2.24) is 9.38 Å². The largest absolute Gasteiger partial charge is 0.381 e. The van der Waals surface area contributed by atoms with Gasteiger partial charge in [-0.3, -0.25) is 0 Å². The van der Waals surface area contributed by atoms with Crippen LogP contribution in [0.3, 0.4) is 0 Å². The Balaban J connectivity index is 1.48. The van der Waals surface area contributed by atoms with E-state index < -0.39 is 11.6 Å². The van der Waals surface area contributed by atoms with Gasteiger partial charge in [0.1, 0.15) is 5.65 Å². The Morgan fingerprint density at radius 1 is 0.920 bits per heavy atom. The lowest BCUT2D eigenvalue weighted by Crippen LogP contribution is -2.00. The molecule has 124 valence electrons. The second-order valence-corrected chi connectivity index (χ2v) is 5.77. The maximum atomic E-state index is 13.2. The third-order valence-corrected chi connectivity index (χ3v) is 4.03. The Bertz CT molecular complexity index is 990. The van der Waals surface area contributed by atoms with Crippen molar-refractivity contribution in [3.05, 3.63) is 90.3 Å². The summed E-state index contributed by atoms with van der Waals surface area (Å²) in [5.41, 5.74) is 4.40. The van der Waals surface area contributed by atoms with E-state index in [2.05, 4.69) is 10.3 Å². The zero-order valence-electron chi connectivity index (χ0n) is 13.3. The van der Waals surface area contributed by atoms with E-state index in [9.17, 15) is 8.78 Å². The summed E-state index contributed by atoms with van der Waals surface area (Å²) in [5.74, 6) is -1.66. The smallest absolute Gasteiger partial charge is 0.159 e. The number of imidazole rings is 1. The van der Waals surface area contributed by atoms with Crippen molar-refractivity contribution < 1.29 is 8.78 Å².